The number of hydrogen-bond donors (Lipinski definition) is 2. The summed E-state index contributed by atoms with van der Waals surface area (Å²) in [5.41, 5.74) is 1.48. The van der Waals surface area contributed by atoms with Gasteiger partial charge in [0, 0.05) is 19.4 Å². The van der Waals surface area contributed by atoms with Crippen LogP contribution in [0.2, 0.25) is 0 Å². The number of sulfonamides is 1. The zero-order valence-electron chi connectivity index (χ0n) is 9.72. The number of aliphatic hydroxyl groups excluding tert-OH is 1. The van der Waals surface area contributed by atoms with Crippen molar-refractivity contribution in [2.45, 2.75) is 6.42 Å². The molecule has 0 spiro atoms. The van der Waals surface area contributed by atoms with Crippen LogP contribution in [0.3, 0.4) is 0 Å². The van der Waals surface area contributed by atoms with Gasteiger partial charge in [0.2, 0.25) is 10.0 Å². The van der Waals surface area contributed by atoms with Crippen LogP contribution >= 0.6 is 0 Å². The van der Waals surface area contributed by atoms with Crippen LogP contribution in [0.1, 0.15) is 5.56 Å². The normalized spacial score (nSPS) is 11.4. The van der Waals surface area contributed by atoms with Gasteiger partial charge in [-0.2, -0.15) is 0 Å². The molecule has 17 heavy (non-hydrogen) atoms. The number of rotatable bonds is 7. The summed E-state index contributed by atoms with van der Waals surface area (Å²) in [5.74, 6) is -0.0676. The van der Waals surface area contributed by atoms with Crippen molar-refractivity contribution in [2.24, 2.45) is 0 Å². The second-order valence-electron chi connectivity index (χ2n) is 3.58. The molecule has 2 N–H and O–H groups in total. The largest absolute Gasteiger partial charge is 0.396 e. The highest BCUT2D eigenvalue weighted by molar-refractivity contribution is 7.92. The minimum Gasteiger partial charge on any atom is -0.396 e. The van der Waals surface area contributed by atoms with Crippen LogP contribution in [0, 0.1) is 0 Å². The van der Waals surface area contributed by atoms with Gasteiger partial charge in [0.25, 0.3) is 0 Å². The molecule has 0 heterocycles. The molecule has 0 aliphatic heterocycles. The molecule has 96 valence electrons. The predicted molar refractivity (Wildman–Crippen MR) is 66.5 cm³/mol. The Labute approximate surface area is 101 Å². The summed E-state index contributed by atoms with van der Waals surface area (Å²) in [4.78, 5) is 0. The van der Waals surface area contributed by atoms with Crippen LogP contribution in [0.5, 0.6) is 0 Å². The number of ether oxygens (including phenoxy) is 1. The Morgan fingerprint density at radius 3 is 2.47 bits per heavy atom. The Morgan fingerprint density at radius 2 is 1.94 bits per heavy atom. The van der Waals surface area contributed by atoms with Crippen molar-refractivity contribution >= 4 is 15.7 Å². The van der Waals surface area contributed by atoms with Gasteiger partial charge in [-0.1, -0.05) is 12.1 Å². The molecule has 0 bridgehead atoms. The maximum atomic E-state index is 11.5. The van der Waals surface area contributed by atoms with Gasteiger partial charge in [0.1, 0.15) is 0 Å². The van der Waals surface area contributed by atoms with E-state index < -0.39 is 10.0 Å². The minimum atomic E-state index is -3.35. The van der Waals surface area contributed by atoms with Gasteiger partial charge in [-0.05, 0) is 24.1 Å². The van der Waals surface area contributed by atoms with Gasteiger partial charge in [-0.3, -0.25) is 4.72 Å². The van der Waals surface area contributed by atoms with E-state index in [2.05, 4.69) is 4.72 Å². The molecule has 6 heteroatoms. The van der Waals surface area contributed by atoms with E-state index in [9.17, 15) is 8.42 Å². The molecule has 1 rings (SSSR count). The molecule has 0 saturated heterocycles. The zero-order valence-corrected chi connectivity index (χ0v) is 10.5. The number of aliphatic hydroxyl groups is 1. The Balaban J connectivity index is 2.62. The van der Waals surface area contributed by atoms with E-state index in [0.29, 0.717) is 12.1 Å². The zero-order chi connectivity index (χ0) is 12.7. The first-order valence-corrected chi connectivity index (χ1v) is 6.92. The standard InChI is InChI=1S/C11H17NO4S/c1-16-8-9-17(14,15)12-11-4-2-10(3-5-11)6-7-13/h2-5,12-13H,6-9H2,1H3. The SMILES string of the molecule is COCCS(=O)(=O)Nc1ccc(CCO)cc1. The minimum absolute atomic E-state index is 0.0676. The Morgan fingerprint density at radius 1 is 1.29 bits per heavy atom. The maximum Gasteiger partial charge on any atom is 0.234 e. The molecule has 0 aliphatic rings. The van der Waals surface area contributed by atoms with Gasteiger partial charge in [0.15, 0.2) is 0 Å². The summed E-state index contributed by atoms with van der Waals surface area (Å²) in [6.07, 6.45) is 0.566. The third kappa shape index (κ3) is 5.16. The molecule has 0 aromatic heterocycles. The molecule has 5 nitrogen and oxygen atoms in total. The van der Waals surface area contributed by atoms with Crippen molar-refractivity contribution in [3.05, 3.63) is 29.8 Å². The topological polar surface area (TPSA) is 75.6 Å². The van der Waals surface area contributed by atoms with E-state index >= 15 is 0 Å². The number of anilines is 1. The third-order valence-corrected chi connectivity index (χ3v) is 3.43. The third-order valence-electron chi connectivity index (χ3n) is 2.18. The van der Waals surface area contributed by atoms with E-state index in [4.69, 9.17) is 9.84 Å². The molecular weight excluding hydrogens is 242 g/mol. The number of benzene rings is 1. The molecule has 0 atom stereocenters. The van der Waals surface area contributed by atoms with Crippen molar-refractivity contribution < 1.29 is 18.3 Å². The quantitative estimate of drug-likeness (QED) is 0.752. The summed E-state index contributed by atoms with van der Waals surface area (Å²) in [5, 5.41) is 8.75. The van der Waals surface area contributed by atoms with Crippen molar-refractivity contribution in [3.8, 4) is 0 Å². The van der Waals surface area contributed by atoms with E-state index in [1.54, 1.807) is 24.3 Å². The van der Waals surface area contributed by atoms with Crippen molar-refractivity contribution in [1.29, 1.82) is 0 Å². The molecule has 1 aromatic carbocycles. The van der Waals surface area contributed by atoms with Crippen LogP contribution in [0.25, 0.3) is 0 Å². The van der Waals surface area contributed by atoms with Crippen LogP contribution in [0.15, 0.2) is 24.3 Å². The Bertz CT molecular complexity index is 427. The summed E-state index contributed by atoms with van der Waals surface area (Å²) in [6.45, 7) is 0.247. The fourth-order valence-electron chi connectivity index (χ4n) is 1.29. The molecular formula is C11H17NO4S. The first-order chi connectivity index (χ1) is 8.07. The van der Waals surface area contributed by atoms with Gasteiger partial charge in [-0.15, -0.1) is 0 Å². The van der Waals surface area contributed by atoms with Crippen LogP contribution in [-0.2, 0) is 21.2 Å². The summed E-state index contributed by atoms with van der Waals surface area (Å²) >= 11 is 0. The van der Waals surface area contributed by atoms with Crippen LogP contribution in [-0.4, -0.2) is 39.6 Å². The van der Waals surface area contributed by atoms with Gasteiger partial charge in [0.05, 0.1) is 12.4 Å². The molecule has 0 fully saturated rings. The van der Waals surface area contributed by atoms with Crippen LogP contribution < -0.4 is 4.72 Å². The van der Waals surface area contributed by atoms with E-state index in [-0.39, 0.29) is 19.0 Å². The molecule has 0 amide bonds. The monoisotopic (exact) mass is 259 g/mol. The van der Waals surface area contributed by atoms with Crippen molar-refractivity contribution in [3.63, 3.8) is 0 Å². The first kappa shape index (κ1) is 14.0. The number of methoxy groups -OCH3 is 1. The van der Waals surface area contributed by atoms with E-state index in [1.807, 2.05) is 0 Å². The van der Waals surface area contributed by atoms with Gasteiger partial charge >= 0.3 is 0 Å². The second kappa shape index (κ2) is 6.58. The van der Waals surface area contributed by atoms with E-state index in [1.165, 1.54) is 7.11 Å². The lowest BCUT2D eigenvalue weighted by atomic mass is 10.1. The highest BCUT2D eigenvalue weighted by Crippen LogP contribution is 2.11. The fourth-order valence-corrected chi connectivity index (χ4v) is 2.28. The number of nitrogens with one attached hydrogen (secondary N) is 1. The lowest BCUT2D eigenvalue weighted by Crippen LogP contribution is -2.19. The average Bonchev–Trinajstić information content (AvgIpc) is 2.29. The maximum absolute atomic E-state index is 11.5. The highest BCUT2D eigenvalue weighted by Gasteiger charge is 2.09. The van der Waals surface area contributed by atoms with Crippen molar-refractivity contribution in [2.75, 3.05) is 30.8 Å². The molecule has 0 aliphatic carbocycles. The second-order valence-corrected chi connectivity index (χ2v) is 5.43. The summed E-state index contributed by atoms with van der Waals surface area (Å²) < 4.78 is 30.2. The molecule has 0 unspecified atom stereocenters. The summed E-state index contributed by atoms with van der Waals surface area (Å²) in [7, 11) is -1.89. The van der Waals surface area contributed by atoms with Gasteiger partial charge < -0.3 is 9.84 Å². The molecule has 1 aromatic rings. The number of hydrogen-bond acceptors (Lipinski definition) is 4. The lowest BCUT2D eigenvalue weighted by molar-refractivity contribution is 0.217. The highest BCUT2D eigenvalue weighted by atomic mass is 32.2. The average molecular weight is 259 g/mol. The Hall–Kier alpha value is -1.11. The lowest BCUT2D eigenvalue weighted by Gasteiger charge is -2.08. The fraction of sp³-hybridized carbons (Fsp3) is 0.455. The molecule has 0 saturated carbocycles. The van der Waals surface area contributed by atoms with Crippen LogP contribution in [0.4, 0.5) is 5.69 Å². The Kier molecular flexibility index (Phi) is 5.40. The summed E-state index contributed by atoms with van der Waals surface area (Å²) in [6, 6.07) is 6.92. The first-order valence-electron chi connectivity index (χ1n) is 5.26. The van der Waals surface area contributed by atoms with Gasteiger partial charge in [-0.25, -0.2) is 8.42 Å². The molecule has 0 radical (unpaired) electrons. The predicted octanol–water partition coefficient (Wildman–Crippen LogP) is 0.609. The van der Waals surface area contributed by atoms with E-state index in [0.717, 1.165) is 5.56 Å². The smallest absolute Gasteiger partial charge is 0.234 e. The van der Waals surface area contributed by atoms with Crippen molar-refractivity contribution in [1.82, 2.24) is 0 Å².